The van der Waals surface area contributed by atoms with E-state index in [2.05, 4.69) is 225 Å². The van der Waals surface area contributed by atoms with Gasteiger partial charge in [-0.15, -0.1) is 6.58 Å². The molecule has 1 N–H and O–H groups in total. The lowest BCUT2D eigenvalue weighted by molar-refractivity contribution is 0.666. The van der Waals surface area contributed by atoms with Gasteiger partial charge in [-0.25, -0.2) is 4.98 Å². The highest BCUT2D eigenvalue weighted by Crippen LogP contribution is 2.44. The van der Waals surface area contributed by atoms with Crippen LogP contribution in [0.25, 0.3) is 72.3 Å². The molecule has 7 heteroatoms. The maximum atomic E-state index is 5.53. The Kier molecular flexibility index (Phi) is 10.6. The predicted molar refractivity (Wildman–Crippen MR) is 269 cm³/mol. The molecule has 0 fully saturated rings. The van der Waals surface area contributed by atoms with Gasteiger partial charge in [0.2, 0.25) is 0 Å². The average Bonchev–Trinajstić information content (AvgIpc) is 4.12. The summed E-state index contributed by atoms with van der Waals surface area (Å²) in [6.45, 7) is 11.3. The van der Waals surface area contributed by atoms with E-state index in [4.69, 9.17) is 10.1 Å². The minimum Gasteiger partial charge on any atom is -0.309 e. The van der Waals surface area contributed by atoms with Crippen molar-refractivity contribution in [2.45, 2.75) is 20.0 Å². The Morgan fingerprint density at radius 3 is 1.75 bits per heavy atom. The number of hydrogen-bond acceptors (Lipinski definition) is 4. The van der Waals surface area contributed by atoms with Gasteiger partial charge < -0.3 is 4.57 Å². The van der Waals surface area contributed by atoms with Crippen molar-refractivity contribution in [3.8, 4) is 28.5 Å². The molecule has 1 aliphatic rings. The standard InChI is InChI=1S/C54H41N7.C3H6/c1-3-19-37(20-4-2)52-56-57-53(39-23-11-6-12-24-39)61(52)43-33-31-42(32-34-43)58-46-30-18-17-29-44(46)48-47(58)36-35-45-49(48)59(40-25-13-7-14-26-40)54-50(45)60(41-27-15-8-16-28-41)51(55-54)38-21-9-5-10-22-38;1-3-2/h3-36,52,56H,1H2,2H3;3H,1H2,2H3/b20-4-,37-19+;. The van der Waals surface area contributed by atoms with Crippen molar-refractivity contribution in [1.82, 2.24) is 24.1 Å². The number of anilines is 1. The summed E-state index contributed by atoms with van der Waals surface area (Å²) >= 11 is 0. The Morgan fingerprint density at radius 1 is 0.547 bits per heavy atom. The first-order valence-electron chi connectivity index (χ1n) is 21.6. The molecule has 1 unspecified atom stereocenters. The first-order chi connectivity index (χ1) is 31.6. The number of imidazole rings is 1. The van der Waals surface area contributed by atoms with Crippen LogP contribution < -0.4 is 10.3 Å². The number of nitrogens with one attached hydrogen (secondary N) is 1. The number of hydrazone groups is 1. The summed E-state index contributed by atoms with van der Waals surface area (Å²) < 4.78 is 7.09. The van der Waals surface area contributed by atoms with Crippen molar-refractivity contribution in [2.75, 3.05) is 4.90 Å². The van der Waals surface area contributed by atoms with E-state index in [1.54, 1.807) is 6.08 Å². The molecule has 3 aromatic heterocycles. The van der Waals surface area contributed by atoms with Gasteiger partial charge in [0.1, 0.15) is 17.5 Å². The fourth-order valence-corrected chi connectivity index (χ4v) is 9.06. The molecule has 11 rings (SSSR count). The van der Waals surface area contributed by atoms with E-state index in [0.29, 0.717) is 0 Å². The van der Waals surface area contributed by atoms with Crippen LogP contribution in [0.4, 0.5) is 5.69 Å². The molecule has 64 heavy (non-hydrogen) atoms. The van der Waals surface area contributed by atoms with E-state index < -0.39 is 0 Å². The van der Waals surface area contributed by atoms with Crippen LogP contribution in [-0.2, 0) is 0 Å². The molecule has 7 nitrogen and oxygen atoms in total. The van der Waals surface area contributed by atoms with Crippen molar-refractivity contribution in [2.24, 2.45) is 5.10 Å². The Bertz CT molecular complexity index is 3390. The fourth-order valence-electron chi connectivity index (χ4n) is 9.06. The molecule has 0 radical (unpaired) electrons. The van der Waals surface area contributed by atoms with Crippen LogP contribution in [-0.4, -0.2) is 30.7 Å². The van der Waals surface area contributed by atoms with Crippen LogP contribution in [0.2, 0.25) is 0 Å². The zero-order valence-corrected chi connectivity index (χ0v) is 35.9. The van der Waals surface area contributed by atoms with Gasteiger partial charge in [0.15, 0.2) is 11.5 Å². The normalized spacial score (nSPS) is 14.0. The molecule has 10 aromatic rings. The van der Waals surface area contributed by atoms with E-state index >= 15 is 0 Å². The highest BCUT2D eigenvalue weighted by molar-refractivity contribution is 6.26. The summed E-state index contributed by atoms with van der Waals surface area (Å²) in [6, 6.07) is 64.2. The van der Waals surface area contributed by atoms with Crippen molar-refractivity contribution >= 4 is 55.4 Å². The Morgan fingerprint density at radius 2 is 1.11 bits per heavy atom. The van der Waals surface area contributed by atoms with Crippen molar-refractivity contribution in [1.29, 1.82) is 0 Å². The van der Waals surface area contributed by atoms with E-state index in [1.165, 1.54) is 10.8 Å². The Balaban J connectivity index is 0.00000157. The van der Waals surface area contributed by atoms with Gasteiger partial charge in [-0.3, -0.25) is 19.5 Å². The van der Waals surface area contributed by atoms with E-state index in [0.717, 1.165) is 84.2 Å². The fraction of sp³-hybridized carbons (Fsp3) is 0.0526. The third kappa shape index (κ3) is 6.71. The van der Waals surface area contributed by atoms with Gasteiger partial charge in [-0.05, 0) is 86.2 Å². The van der Waals surface area contributed by atoms with E-state index in [1.807, 2.05) is 32.1 Å². The minimum absolute atomic E-state index is 0.218. The maximum Gasteiger partial charge on any atom is 0.165 e. The number of fused-ring (bicyclic) bond motifs is 7. The molecule has 1 atom stereocenters. The molecule has 0 saturated carbocycles. The molecule has 1 aliphatic heterocycles. The number of rotatable bonds is 9. The van der Waals surface area contributed by atoms with Crippen LogP contribution in [0.3, 0.4) is 0 Å². The maximum absolute atomic E-state index is 5.53. The van der Waals surface area contributed by atoms with Gasteiger partial charge in [-0.1, -0.05) is 152 Å². The summed E-state index contributed by atoms with van der Waals surface area (Å²) in [5.41, 5.74) is 16.1. The summed E-state index contributed by atoms with van der Waals surface area (Å²) in [5, 5.41) is 8.36. The van der Waals surface area contributed by atoms with Crippen LogP contribution in [0.1, 0.15) is 19.4 Å². The second-order valence-electron chi connectivity index (χ2n) is 15.6. The molecular weight excluding hydrogens is 783 g/mol. The summed E-state index contributed by atoms with van der Waals surface area (Å²) in [7, 11) is 0. The Labute approximate surface area is 373 Å². The van der Waals surface area contributed by atoms with Gasteiger partial charge in [0.05, 0.1) is 16.6 Å². The molecule has 310 valence electrons. The Hall–Kier alpha value is -8.42. The number of nitrogens with zero attached hydrogens (tertiary/aromatic N) is 6. The number of aromatic nitrogens is 4. The predicted octanol–water partition coefficient (Wildman–Crippen LogP) is 13.7. The van der Waals surface area contributed by atoms with Gasteiger partial charge in [0.25, 0.3) is 0 Å². The summed E-state index contributed by atoms with van der Waals surface area (Å²) in [4.78, 5) is 7.79. The zero-order chi connectivity index (χ0) is 43.6. The molecule has 0 saturated heterocycles. The highest BCUT2D eigenvalue weighted by Gasteiger charge is 2.32. The van der Waals surface area contributed by atoms with Gasteiger partial charge in [0, 0.05) is 50.0 Å². The van der Waals surface area contributed by atoms with E-state index in [-0.39, 0.29) is 6.17 Å². The smallest absolute Gasteiger partial charge is 0.165 e. The largest absolute Gasteiger partial charge is 0.309 e. The lowest BCUT2D eigenvalue weighted by atomic mass is 10.1. The molecule has 7 aromatic carbocycles. The lowest BCUT2D eigenvalue weighted by Gasteiger charge is -2.28. The van der Waals surface area contributed by atoms with Crippen LogP contribution in [0, 0.1) is 0 Å². The molecular formula is C57H47N7. The first-order valence-corrected chi connectivity index (χ1v) is 21.6. The quantitative estimate of drug-likeness (QED) is 0.116. The monoisotopic (exact) mass is 829 g/mol. The van der Waals surface area contributed by atoms with Crippen molar-refractivity contribution in [3.63, 3.8) is 0 Å². The van der Waals surface area contributed by atoms with Crippen molar-refractivity contribution in [3.05, 3.63) is 237 Å². The summed E-state index contributed by atoms with van der Waals surface area (Å²) in [5.74, 6) is 1.76. The molecule has 0 amide bonds. The third-order valence-electron chi connectivity index (χ3n) is 11.6. The first kappa shape index (κ1) is 39.7. The number of hydrogen-bond donors (Lipinski definition) is 1. The summed E-state index contributed by atoms with van der Waals surface area (Å²) in [6.07, 6.45) is 9.56. The molecule has 0 aliphatic carbocycles. The van der Waals surface area contributed by atoms with Gasteiger partial charge in [-0.2, -0.15) is 5.10 Å². The second kappa shape index (κ2) is 17.2. The van der Waals surface area contributed by atoms with E-state index in [9.17, 15) is 0 Å². The topological polar surface area (TPSA) is 55.3 Å². The number of allylic oxidation sites excluding steroid dienone is 4. The number of amidine groups is 1. The average molecular weight is 830 g/mol. The third-order valence-corrected chi connectivity index (χ3v) is 11.6. The zero-order valence-electron chi connectivity index (χ0n) is 35.9. The molecule has 4 heterocycles. The SMILES string of the molecule is C=C/C=C(\C=C/C)C1NN=C(c2ccccc2)N1c1ccc(-n2c3ccccc3c3c2ccc2c4c(nc(-c5ccccc5)n4-c4ccccc4)n(-c4ccccc4)c23)cc1.C=CC. The minimum atomic E-state index is -0.218. The molecule has 0 spiro atoms. The van der Waals surface area contributed by atoms with Crippen LogP contribution in [0.15, 0.2) is 236 Å². The lowest BCUT2D eigenvalue weighted by Crippen LogP contribution is -2.41. The number of para-hydroxylation sites is 3. The van der Waals surface area contributed by atoms with Crippen LogP contribution in [0.5, 0.6) is 0 Å². The second-order valence-corrected chi connectivity index (χ2v) is 15.6. The van der Waals surface area contributed by atoms with Crippen LogP contribution >= 0.6 is 0 Å². The molecule has 0 bridgehead atoms. The number of benzene rings is 7. The highest BCUT2D eigenvalue weighted by atomic mass is 15.5. The van der Waals surface area contributed by atoms with Gasteiger partial charge >= 0.3 is 0 Å². The van der Waals surface area contributed by atoms with Crippen molar-refractivity contribution < 1.29 is 0 Å².